The molecule has 0 saturated heterocycles. The van der Waals surface area contributed by atoms with E-state index in [0.717, 1.165) is 27.7 Å². The third-order valence-corrected chi connectivity index (χ3v) is 4.65. The predicted molar refractivity (Wildman–Crippen MR) is 99.1 cm³/mol. The van der Waals surface area contributed by atoms with E-state index in [1.165, 1.54) is 12.7 Å². The van der Waals surface area contributed by atoms with Crippen LogP contribution < -0.4 is 4.74 Å². The molecule has 0 radical (unpaired) electrons. The average Bonchev–Trinajstić information content (AvgIpc) is 2.96. The fraction of sp³-hybridized carbons (Fsp3) is 0.263. The normalized spacial score (nSPS) is 10.8. The molecule has 0 aliphatic carbocycles. The zero-order valence-electron chi connectivity index (χ0n) is 14.3. The molecule has 0 bridgehead atoms. The summed E-state index contributed by atoms with van der Waals surface area (Å²) in [6.45, 7) is 2.75. The van der Waals surface area contributed by atoms with E-state index in [-0.39, 0.29) is 12.5 Å². The lowest BCUT2D eigenvalue weighted by Gasteiger charge is -2.09. The number of carbonyl (C=O) groups is 1. The number of fused-ring (bicyclic) bond motifs is 1. The summed E-state index contributed by atoms with van der Waals surface area (Å²) in [5.41, 5.74) is 2.97. The van der Waals surface area contributed by atoms with Crippen LogP contribution in [-0.4, -0.2) is 35.0 Å². The zero-order valence-corrected chi connectivity index (χ0v) is 15.1. The Kier molecular flexibility index (Phi) is 5.60. The molecule has 3 aromatic rings. The van der Waals surface area contributed by atoms with Crippen LogP contribution in [0.2, 0.25) is 0 Å². The minimum absolute atomic E-state index is 0.151. The summed E-state index contributed by atoms with van der Waals surface area (Å²) >= 11 is 1.57. The van der Waals surface area contributed by atoms with E-state index in [9.17, 15) is 4.79 Å². The maximum Gasteiger partial charge on any atom is 0.325 e. The molecule has 0 fully saturated rings. The van der Waals surface area contributed by atoms with Crippen molar-refractivity contribution in [2.75, 3.05) is 19.5 Å². The lowest BCUT2D eigenvalue weighted by atomic mass is 10.2. The van der Waals surface area contributed by atoms with Gasteiger partial charge in [-0.3, -0.25) is 4.79 Å². The standard InChI is InChI=1S/C19H20N2O3S/c1-14-6-5-7-15(12-14)24-10-11-25-19-20-16-8-3-4-9-17(16)21(19)13-18(22)23-2/h3-9,12H,10-11,13H2,1-2H3. The van der Waals surface area contributed by atoms with Gasteiger partial charge in [0.15, 0.2) is 5.16 Å². The summed E-state index contributed by atoms with van der Waals surface area (Å²) in [6.07, 6.45) is 0. The summed E-state index contributed by atoms with van der Waals surface area (Å²) in [6, 6.07) is 15.8. The summed E-state index contributed by atoms with van der Waals surface area (Å²) in [4.78, 5) is 16.3. The molecular weight excluding hydrogens is 336 g/mol. The van der Waals surface area contributed by atoms with Crippen LogP contribution in [0.1, 0.15) is 5.56 Å². The number of esters is 1. The molecule has 0 spiro atoms. The van der Waals surface area contributed by atoms with E-state index in [2.05, 4.69) is 4.98 Å². The van der Waals surface area contributed by atoms with Gasteiger partial charge in [-0.05, 0) is 36.8 Å². The van der Waals surface area contributed by atoms with Crippen molar-refractivity contribution in [3.05, 3.63) is 54.1 Å². The van der Waals surface area contributed by atoms with E-state index in [0.29, 0.717) is 6.61 Å². The number of aryl methyl sites for hydroxylation is 1. The fourth-order valence-electron chi connectivity index (χ4n) is 2.51. The number of thioether (sulfide) groups is 1. The highest BCUT2D eigenvalue weighted by Gasteiger charge is 2.14. The zero-order chi connectivity index (χ0) is 17.6. The van der Waals surface area contributed by atoms with E-state index in [1.807, 2.05) is 60.0 Å². The Morgan fingerprint density at radius 2 is 2.04 bits per heavy atom. The monoisotopic (exact) mass is 356 g/mol. The van der Waals surface area contributed by atoms with Crippen LogP contribution in [0.3, 0.4) is 0 Å². The van der Waals surface area contributed by atoms with Gasteiger partial charge in [0.25, 0.3) is 0 Å². The molecule has 0 aliphatic heterocycles. The van der Waals surface area contributed by atoms with Gasteiger partial charge in [-0.2, -0.15) is 0 Å². The summed E-state index contributed by atoms with van der Waals surface area (Å²) < 4.78 is 12.5. The number of hydrogen-bond donors (Lipinski definition) is 0. The Balaban J connectivity index is 1.68. The van der Waals surface area contributed by atoms with E-state index in [4.69, 9.17) is 9.47 Å². The van der Waals surface area contributed by atoms with Gasteiger partial charge in [0.2, 0.25) is 0 Å². The Morgan fingerprint density at radius 1 is 1.20 bits per heavy atom. The predicted octanol–water partition coefficient (Wildman–Crippen LogP) is 3.69. The van der Waals surface area contributed by atoms with Crippen molar-refractivity contribution in [3.8, 4) is 5.75 Å². The van der Waals surface area contributed by atoms with Crippen LogP contribution in [-0.2, 0) is 16.1 Å². The molecule has 5 nitrogen and oxygen atoms in total. The topological polar surface area (TPSA) is 53.4 Å². The Morgan fingerprint density at radius 3 is 2.84 bits per heavy atom. The first-order valence-corrected chi connectivity index (χ1v) is 9.00. The van der Waals surface area contributed by atoms with E-state index in [1.54, 1.807) is 11.8 Å². The van der Waals surface area contributed by atoms with Crippen LogP contribution in [0.4, 0.5) is 0 Å². The molecule has 1 heterocycles. The van der Waals surface area contributed by atoms with Crippen LogP contribution in [0.15, 0.2) is 53.7 Å². The number of rotatable bonds is 7. The minimum atomic E-state index is -0.291. The summed E-state index contributed by atoms with van der Waals surface area (Å²) in [5, 5.41) is 0.791. The van der Waals surface area contributed by atoms with E-state index >= 15 is 0 Å². The number of aromatic nitrogens is 2. The van der Waals surface area contributed by atoms with Gasteiger partial charge in [-0.1, -0.05) is 36.0 Å². The number of nitrogens with zero attached hydrogens (tertiary/aromatic N) is 2. The van der Waals surface area contributed by atoms with Gasteiger partial charge in [-0.15, -0.1) is 0 Å². The quantitative estimate of drug-likeness (QED) is 0.367. The second kappa shape index (κ2) is 8.07. The molecular formula is C19H20N2O3S. The van der Waals surface area contributed by atoms with Gasteiger partial charge in [0.1, 0.15) is 12.3 Å². The first-order chi connectivity index (χ1) is 12.2. The lowest BCUT2D eigenvalue weighted by molar-refractivity contribution is -0.141. The van der Waals surface area contributed by atoms with Crippen molar-refractivity contribution in [1.82, 2.24) is 9.55 Å². The summed E-state index contributed by atoms with van der Waals surface area (Å²) in [7, 11) is 1.39. The van der Waals surface area contributed by atoms with Crippen molar-refractivity contribution in [1.29, 1.82) is 0 Å². The second-order valence-electron chi connectivity index (χ2n) is 5.56. The Labute approximate surface area is 151 Å². The van der Waals surface area contributed by atoms with Gasteiger partial charge in [-0.25, -0.2) is 4.98 Å². The minimum Gasteiger partial charge on any atom is -0.493 e. The highest BCUT2D eigenvalue weighted by Crippen LogP contribution is 2.24. The number of carbonyl (C=O) groups excluding carboxylic acids is 1. The Hall–Kier alpha value is -2.47. The molecule has 0 N–H and O–H groups in total. The van der Waals surface area contributed by atoms with Gasteiger partial charge in [0.05, 0.1) is 24.8 Å². The molecule has 1 aromatic heterocycles. The highest BCUT2D eigenvalue weighted by molar-refractivity contribution is 7.99. The third-order valence-electron chi connectivity index (χ3n) is 3.71. The molecule has 25 heavy (non-hydrogen) atoms. The van der Waals surface area contributed by atoms with Crippen LogP contribution >= 0.6 is 11.8 Å². The first-order valence-electron chi connectivity index (χ1n) is 8.02. The number of imidazole rings is 1. The largest absolute Gasteiger partial charge is 0.493 e. The number of benzene rings is 2. The lowest BCUT2D eigenvalue weighted by Crippen LogP contribution is -2.12. The molecule has 6 heteroatoms. The summed E-state index contributed by atoms with van der Waals surface area (Å²) in [5.74, 6) is 1.31. The third kappa shape index (κ3) is 4.33. The highest BCUT2D eigenvalue weighted by atomic mass is 32.2. The Bertz CT molecular complexity index is 876. The molecule has 2 aromatic carbocycles. The average molecular weight is 356 g/mol. The van der Waals surface area contributed by atoms with Gasteiger partial charge < -0.3 is 14.0 Å². The molecule has 3 rings (SSSR count). The SMILES string of the molecule is COC(=O)Cn1c(SCCOc2cccc(C)c2)nc2ccccc21. The smallest absolute Gasteiger partial charge is 0.325 e. The van der Waals surface area contributed by atoms with Crippen molar-refractivity contribution in [2.24, 2.45) is 0 Å². The van der Waals surface area contributed by atoms with Crippen LogP contribution in [0.25, 0.3) is 11.0 Å². The van der Waals surface area contributed by atoms with Crippen LogP contribution in [0, 0.1) is 6.92 Å². The van der Waals surface area contributed by atoms with Crippen LogP contribution in [0.5, 0.6) is 5.75 Å². The number of methoxy groups -OCH3 is 1. The molecule has 0 atom stereocenters. The first kappa shape index (κ1) is 17.4. The molecule has 130 valence electrons. The van der Waals surface area contributed by atoms with Crippen molar-refractivity contribution in [2.45, 2.75) is 18.6 Å². The van der Waals surface area contributed by atoms with Gasteiger partial charge in [0, 0.05) is 5.75 Å². The number of ether oxygens (including phenoxy) is 2. The molecule has 0 amide bonds. The maximum absolute atomic E-state index is 11.7. The van der Waals surface area contributed by atoms with E-state index < -0.39 is 0 Å². The van der Waals surface area contributed by atoms with Crippen molar-refractivity contribution >= 4 is 28.8 Å². The van der Waals surface area contributed by atoms with Crippen molar-refractivity contribution in [3.63, 3.8) is 0 Å². The second-order valence-corrected chi connectivity index (χ2v) is 6.62. The van der Waals surface area contributed by atoms with Crippen molar-refractivity contribution < 1.29 is 14.3 Å². The van der Waals surface area contributed by atoms with Gasteiger partial charge >= 0.3 is 5.97 Å². The maximum atomic E-state index is 11.7. The number of para-hydroxylation sites is 2. The molecule has 0 saturated carbocycles. The molecule has 0 unspecified atom stereocenters. The fourth-order valence-corrected chi connectivity index (χ4v) is 3.34. The number of hydrogen-bond acceptors (Lipinski definition) is 5. The molecule has 0 aliphatic rings.